The van der Waals surface area contributed by atoms with E-state index in [2.05, 4.69) is 25.9 Å². The van der Waals surface area contributed by atoms with Crippen LogP contribution in [0.5, 0.6) is 0 Å². The molecule has 1 aromatic heterocycles. The number of morpholine rings is 1. The van der Waals surface area contributed by atoms with Crippen LogP contribution in [0.4, 0.5) is 27.4 Å². The number of carbonyl (C=O) groups is 1. The lowest BCUT2D eigenvalue weighted by molar-refractivity contribution is -0.117. The van der Waals surface area contributed by atoms with Crippen molar-refractivity contribution in [2.75, 3.05) is 48.4 Å². The van der Waals surface area contributed by atoms with Gasteiger partial charge in [-0.25, -0.2) is 14.4 Å². The van der Waals surface area contributed by atoms with E-state index in [1.807, 2.05) is 41.3 Å². The zero-order chi connectivity index (χ0) is 23.3. The topological polar surface area (TPSA) is 91.4 Å². The molecule has 9 heteroatoms. The highest BCUT2D eigenvalue weighted by atomic mass is 19.1. The maximum atomic E-state index is 14.7. The Balaban J connectivity index is 1.25. The number of amides is 1. The molecule has 0 saturated carbocycles. The summed E-state index contributed by atoms with van der Waals surface area (Å²) in [5.41, 5.74) is 3.49. The van der Waals surface area contributed by atoms with Crippen LogP contribution in [0.1, 0.15) is 12.8 Å². The monoisotopic (exact) mass is 462 g/mol. The van der Waals surface area contributed by atoms with Gasteiger partial charge in [0.2, 0.25) is 11.9 Å². The van der Waals surface area contributed by atoms with Gasteiger partial charge in [-0.3, -0.25) is 4.79 Å². The summed E-state index contributed by atoms with van der Waals surface area (Å²) in [5, 5.41) is 9.23. The minimum absolute atomic E-state index is 0.00866. The molecule has 2 aliphatic rings. The van der Waals surface area contributed by atoms with Crippen molar-refractivity contribution in [3.8, 4) is 11.3 Å². The number of aromatic nitrogens is 2. The predicted octanol–water partition coefficient (Wildman–Crippen LogP) is 3.55. The molecule has 1 unspecified atom stereocenters. The number of rotatable bonds is 6. The standard InChI is InChI=1S/C25H27FN6O2/c26-20-16-19(7-8-23(20)32-12-14-34-15-13-32)30-25-28-11-9-21(31-25)17-3-5-18(6-4-17)29-24(33)22-2-1-10-27-22/h3-9,11,16,22,27H,1-2,10,12-15H2,(H,29,33)(H,28,30,31). The molecule has 3 heterocycles. The average molecular weight is 463 g/mol. The summed E-state index contributed by atoms with van der Waals surface area (Å²) in [7, 11) is 0. The van der Waals surface area contributed by atoms with Crippen LogP contribution >= 0.6 is 0 Å². The third-order valence-corrected chi connectivity index (χ3v) is 6.04. The second-order valence-electron chi connectivity index (χ2n) is 8.37. The van der Waals surface area contributed by atoms with E-state index in [1.54, 1.807) is 12.3 Å². The first-order chi connectivity index (χ1) is 16.7. The van der Waals surface area contributed by atoms with Crippen LogP contribution in [-0.2, 0) is 9.53 Å². The first kappa shape index (κ1) is 22.2. The van der Waals surface area contributed by atoms with Crippen molar-refractivity contribution >= 4 is 28.9 Å². The van der Waals surface area contributed by atoms with Gasteiger partial charge in [-0.2, -0.15) is 0 Å². The Morgan fingerprint density at radius 1 is 1.09 bits per heavy atom. The molecule has 3 N–H and O–H groups in total. The van der Waals surface area contributed by atoms with Gasteiger partial charge >= 0.3 is 0 Å². The van der Waals surface area contributed by atoms with Crippen molar-refractivity contribution in [2.45, 2.75) is 18.9 Å². The van der Waals surface area contributed by atoms with Crippen molar-refractivity contribution in [3.63, 3.8) is 0 Å². The number of hydrogen-bond donors (Lipinski definition) is 3. The molecule has 3 aromatic rings. The number of nitrogens with one attached hydrogen (secondary N) is 3. The summed E-state index contributed by atoms with van der Waals surface area (Å²) in [6.07, 6.45) is 3.54. The van der Waals surface area contributed by atoms with Gasteiger partial charge in [0.15, 0.2) is 0 Å². The Kier molecular flexibility index (Phi) is 6.64. The Bertz CT molecular complexity index is 1140. The second kappa shape index (κ2) is 10.1. The summed E-state index contributed by atoms with van der Waals surface area (Å²) in [4.78, 5) is 23.1. The zero-order valence-corrected chi connectivity index (χ0v) is 18.8. The minimum atomic E-state index is -0.298. The number of nitrogens with zero attached hydrogens (tertiary/aromatic N) is 3. The summed E-state index contributed by atoms with van der Waals surface area (Å²) in [6, 6.07) is 14.3. The molecule has 0 bridgehead atoms. The van der Waals surface area contributed by atoms with Gasteiger partial charge in [-0.1, -0.05) is 12.1 Å². The van der Waals surface area contributed by atoms with Crippen LogP contribution in [0, 0.1) is 5.82 Å². The van der Waals surface area contributed by atoms with Crippen LogP contribution < -0.4 is 20.9 Å². The molecular formula is C25H27FN6O2. The van der Waals surface area contributed by atoms with Crippen molar-refractivity contribution in [1.29, 1.82) is 0 Å². The van der Waals surface area contributed by atoms with Gasteiger partial charge in [-0.15, -0.1) is 0 Å². The van der Waals surface area contributed by atoms with Gasteiger partial charge in [-0.05, 0) is 55.8 Å². The zero-order valence-electron chi connectivity index (χ0n) is 18.8. The summed E-state index contributed by atoms with van der Waals surface area (Å²) in [6.45, 7) is 3.44. The van der Waals surface area contributed by atoms with Crippen LogP contribution in [0.2, 0.25) is 0 Å². The normalized spacial score (nSPS) is 18.0. The maximum absolute atomic E-state index is 14.7. The Morgan fingerprint density at radius 3 is 2.62 bits per heavy atom. The number of halogens is 1. The summed E-state index contributed by atoms with van der Waals surface area (Å²) >= 11 is 0. The van der Waals surface area contributed by atoms with Crippen molar-refractivity contribution < 1.29 is 13.9 Å². The molecule has 2 fully saturated rings. The van der Waals surface area contributed by atoms with Crippen LogP contribution in [-0.4, -0.2) is 54.8 Å². The van der Waals surface area contributed by atoms with Crippen LogP contribution in [0.3, 0.4) is 0 Å². The minimum Gasteiger partial charge on any atom is -0.378 e. The van der Waals surface area contributed by atoms with E-state index in [0.717, 1.165) is 36.3 Å². The number of hydrogen-bond acceptors (Lipinski definition) is 7. The number of ether oxygens (including phenoxy) is 1. The van der Waals surface area contributed by atoms with Crippen molar-refractivity contribution in [3.05, 3.63) is 60.5 Å². The molecule has 1 amide bonds. The van der Waals surface area contributed by atoms with E-state index in [9.17, 15) is 9.18 Å². The molecule has 176 valence electrons. The number of anilines is 4. The van der Waals surface area contributed by atoms with E-state index in [-0.39, 0.29) is 17.8 Å². The highest BCUT2D eigenvalue weighted by Crippen LogP contribution is 2.26. The van der Waals surface area contributed by atoms with Gasteiger partial charge in [0.05, 0.1) is 30.6 Å². The molecule has 1 atom stereocenters. The molecule has 8 nitrogen and oxygen atoms in total. The van der Waals surface area contributed by atoms with E-state index < -0.39 is 0 Å². The smallest absolute Gasteiger partial charge is 0.241 e. The first-order valence-electron chi connectivity index (χ1n) is 11.5. The van der Waals surface area contributed by atoms with E-state index in [4.69, 9.17) is 4.74 Å². The summed E-state index contributed by atoms with van der Waals surface area (Å²) < 4.78 is 20.1. The van der Waals surface area contributed by atoms with Gasteiger partial charge in [0, 0.05) is 36.2 Å². The van der Waals surface area contributed by atoms with E-state index in [1.165, 1.54) is 6.07 Å². The van der Waals surface area contributed by atoms with Gasteiger partial charge in [0.1, 0.15) is 5.82 Å². The van der Waals surface area contributed by atoms with E-state index >= 15 is 0 Å². The van der Waals surface area contributed by atoms with E-state index in [0.29, 0.717) is 43.6 Å². The predicted molar refractivity (Wildman–Crippen MR) is 130 cm³/mol. The Morgan fingerprint density at radius 2 is 1.88 bits per heavy atom. The van der Waals surface area contributed by atoms with Crippen LogP contribution in [0.25, 0.3) is 11.3 Å². The van der Waals surface area contributed by atoms with Crippen molar-refractivity contribution in [2.24, 2.45) is 0 Å². The fraction of sp³-hybridized carbons (Fsp3) is 0.320. The molecule has 2 aromatic carbocycles. The molecule has 2 aliphatic heterocycles. The SMILES string of the molecule is O=C(Nc1ccc(-c2ccnc(Nc3ccc(N4CCOCC4)c(F)c3)n2)cc1)C1CCCN1. The Labute approximate surface area is 197 Å². The molecule has 2 saturated heterocycles. The highest BCUT2D eigenvalue weighted by Gasteiger charge is 2.22. The quantitative estimate of drug-likeness (QED) is 0.516. The molecule has 0 spiro atoms. The van der Waals surface area contributed by atoms with Crippen molar-refractivity contribution in [1.82, 2.24) is 15.3 Å². The summed E-state index contributed by atoms with van der Waals surface area (Å²) in [5.74, 6) is 0.0693. The molecular weight excluding hydrogens is 435 g/mol. The lowest BCUT2D eigenvalue weighted by Crippen LogP contribution is -2.36. The first-order valence-corrected chi connectivity index (χ1v) is 11.5. The fourth-order valence-corrected chi connectivity index (χ4v) is 4.22. The Hall–Kier alpha value is -3.56. The second-order valence-corrected chi connectivity index (χ2v) is 8.37. The lowest BCUT2D eigenvalue weighted by atomic mass is 10.1. The third kappa shape index (κ3) is 5.16. The molecule has 5 rings (SSSR count). The van der Waals surface area contributed by atoms with Gasteiger partial charge in [0.25, 0.3) is 0 Å². The number of benzene rings is 2. The third-order valence-electron chi connectivity index (χ3n) is 6.04. The van der Waals surface area contributed by atoms with Crippen LogP contribution in [0.15, 0.2) is 54.7 Å². The largest absolute Gasteiger partial charge is 0.378 e. The van der Waals surface area contributed by atoms with Gasteiger partial charge < -0.3 is 25.6 Å². The average Bonchev–Trinajstić information content (AvgIpc) is 3.41. The highest BCUT2D eigenvalue weighted by molar-refractivity contribution is 5.95. The fourth-order valence-electron chi connectivity index (χ4n) is 4.22. The molecule has 0 radical (unpaired) electrons. The molecule has 34 heavy (non-hydrogen) atoms. The molecule has 0 aliphatic carbocycles. The number of carbonyl (C=O) groups excluding carboxylic acids is 1. The maximum Gasteiger partial charge on any atom is 0.241 e. The lowest BCUT2D eigenvalue weighted by Gasteiger charge is -2.29.